The maximum absolute atomic E-state index is 12.0. The number of hydrogen-bond acceptors (Lipinski definition) is 4. The van der Waals surface area contributed by atoms with E-state index < -0.39 is 12.0 Å². The highest BCUT2D eigenvalue weighted by Gasteiger charge is 2.36. The van der Waals surface area contributed by atoms with Crippen LogP contribution in [-0.2, 0) is 6.18 Å². The molecule has 2 rings (SSSR count). The molecule has 3 nitrogen and oxygen atoms in total. The van der Waals surface area contributed by atoms with E-state index in [4.69, 9.17) is 0 Å². The van der Waals surface area contributed by atoms with Crippen LogP contribution >= 0.6 is 11.5 Å². The molecule has 1 aromatic rings. The lowest BCUT2D eigenvalue weighted by Crippen LogP contribution is -2.36. The monoisotopic (exact) mass is 209 g/mol. The van der Waals surface area contributed by atoms with E-state index in [2.05, 4.69) is 9.36 Å². The van der Waals surface area contributed by atoms with Crippen LogP contribution in [0.5, 0.6) is 0 Å². The first-order chi connectivity index (χ1) is 6.07. The third-order valence-corrected chi connectivity index (χ3v) is 2.57. The van der Waals surface area contributed by atoms with Gasteiger partial charge in [0.2, 0.25) is 11.0 Å². The molecule has 1 saturated heterocycles. The standard InChI is InChI=1S/C6H6F3N3S/c7-6(8,9)4-10-5(13-11-4)12-2-1-3-12/h1-3H2. The summed E-state index contributed by atoms with van der Waals surface area (Å²) in [6, 6.07) is 0. The first-order valence-electron chi connectivity index (χ1n) is 3.73. The Morgan fingerprint density at radius 1 is 1.31 bits per heavy atom. The molecule has 0 N–H and O–H groups in total. The van der Waals surface area contributed by atoms with Crippen LogP contribution in [0.2, 0.25) is 0 Å². The summed E-state index contributed by atoms with van der Waals surface area (Å²) in [4.78, 5) is 5.20. The quantitative estimate of drug-likeness (QED) is 0.705. The number of anilines is 1. The van der Waals surface area contributed by atoms with Crippen molar-refractivity contribution in [3.63, 3.8) is 0 Å². The fourth-order valence-electron chi connectivity index (χ4n) is 0.967. The minimum absolute atomic E-state index is 0.374. The zero-order valence-electron chi connectivity index (χ0n) is 6.51. The zero-order chi connectivity index (χ0) is 9.47. The maximum Gasteiger partial charge on any atom is 0.452 e. The van der Waals surface area contributed by atoms with Crippen LogP contribution < -0.4 is 4.90 Å². The molecule has 1 aliphatic heterocycles. The van der Waals surface area contributed by atoms with E-state index in [1.165, 1.54) is 0 Å². The summed E-state index contributed by atoms with van der Waals surface area (Å²) in [6.45, 7) is 1.57. The number of aromatic nitrogens is 2. The molecule has 2 heterocycles. The van der Waals surface area contributed by atoms with E-state index in [-0.39, 0.29) is 0 Å². The molecule has 7 heteroatoms. The molecular formula is C6H6F3N3S. The van der Waals surface area contributed by atoms with Gasteiger partial charge in [0.05, 0.1) is 0 Å². The molecule has 13 heavy (non-hydrogen) atoms. The number of rotatable bonds is 1. The Morgan fingerprint density at radius 3 is 2.38 bits per heavy atom. The van der Waals surface area contributed by atoms with Crippen molar-refractivity contribution in [3.05, 3.63) is 5.82 Å². The maximum atomic E-state index is 12.0. The summed E-state index contributed by atoms with van der Waals surface area (Å²) in [7, 11) is 0. The Balaban J connectivity index is 2.17. The zero-order valence-corrected chi connectivity index (χ0v) is 7.32. The summed E-state index contributed by atoms with van der Waals surface area (Å²) in [5.74, 6) is -1.03. The second-order valence-corrected chi connectivity index (χ2v) is 3.47. The van der Waals surface area contributed by atoms with E-state index in [1.807, 2.05) is 0 Å². The second kappa shape index (κ2) is 2.83. The van der Waals surface area contributed by atoms with Gasteiger partial charge in [0.15, 0.2) is 0 Å². The van der Waals surface area contributed by atoms with Crippen LogP contribution in [0.25, 0.3) is 0 Å². The predicted molar refractivity (Wildman–Crippen MR) is 41.7 cm³/mol. The van der Waals surface area contributed by atoms with Gasteiger partial charge in [-0.05, 0) is 6.42 Å². The Morgan fingerprint density at radius 2 is 2.00 bits per heavy atom. The number of alkyl halides is 3. The molecule has 0 radical (unpaired) electrons. The second-order valence-electron chi connectivity index (χ2n) is 2.74. The van der Waals surface area contributed by atoms with Gasteiger partial charge in [-0.1, -0.05) is 0 Å². The minimum atomic E-state index is -4.42. The van der Waals surface area contributed by atoms with Crippen LogP contribution in [0.1, 0.15) is 12.2 Å². The molecule has 72 valence electrons. The van der Waals surface area contributed by atoms with Gasteiger partial charge in [-0.25, -0.2) is 0 Å². The van der Waals surface area contributed by atoms with Gasteiger partial charge in [0.25, 0.3) is 0 Å². The highest BCUT2D eigenvalue weighted by atomic mass is 32.1. The van der Waals surface area contributed by atoms with E-state index in [9.17, 15) is 13.2 Å². The molecule has 0 spiro atoms. The third-order valence-electron chi connectivity index (χ3n) is 1.80. The molecule has 0 bridgehead atoms. The van der Waals surface area contributed by atoms with Crippen molar-refractivity contribution in [1.82, 2.24) is 9.36 Å². The summed E-state index contributed by atoms with van der Waals surface area (Å²) in [5.41, 5.74) is 0. The molecule has 0 atom stereocenters. The van der Waals surface area contributed by atoms with Crippen LogP contribution in [0.4, 0.5) is 18.3 Å². The molecule has 0 unspecified atom stereocenters. The first kappa shape index (κ1) is 8.74. The Labute approximate surface area is 76.4 Å². The van der Waals surface area contributed by atoms with Crippen molar-refractivity contribution in [1.29, 1.82) is 0 Å². The molecule has 1 aromatic heterocycles. The van der Waals surface area contributed by atoms with Gasteiger partial charge < -0.3 is 4.90 Å². The molecule has 1 fully saturated rings. The molecule has 0 saturated carbocycles. The van der Waals surface area contributed by atoms with Crippen molar-refractivity contribution in [2.75, 3.05) is 18.0 Å². The molecule has 0 amide bonds. The lowest BCUT2D eigenvalue weighted by Gasteiger charge is -2.29. The normalized spacial score (nSPS) is 17.3. The van der Waals surface area contributed by atoms with Gasteiger partial charge in [0, 0.05) is 24.6 Å². The van der Waals surface area contributed by atoms with Crippen LogP contribution in [0, 0.1) is 0 Å². The van der Waals surface area contributed by atoms with Crippen LogP contribution in [0.3, 0.4) is 0 Å². The Bertz CT molecular complexity index is 304. The fraction of sp³-hybridized carbons (Fsp3) is 0.667. The topological polar surface area (TPSA) is 29.0 Å². The van der Waals surface area contributed by atoms with Crippen molar-refractivity contribution in [2.45, 2.75) is 12.6 Å². The average Bonchev–Trinajstić information content (AvgIpc) is 2.29. The molecule has 0 aromatic carbocycles. The number of hydrogen-bond donors (Lipinski definition) is 0. The van der Waals surface area contributed by atoms with E-state index >= 15 is 0 Å². The fourth-order valence-corrected chi connectivity index (χ4v) is 1.70. The minimum Gasteiger partial charge on any atom is -0.347 e. The summed E-state index contributed by atoms with van der Waals surface area (Å²) >= 11 is 0.805. The van der Waals surface area contributed by atoms with Gasteiger partial charge in [-0.2, -0.15) is 22.5 Å². The van der Waals surface area contributed by atoms with Crippen LogP contribution in [0.15, 0.2) is 0 Å². The Kier molecular flexibility index (Phi) is 1.90. The van der Waals surface area contributed by atoms with Crippen LogP contribution in [-0.4, -0.2) is 22.4 Å². The highest BCUT2D eigenvalue weighted by molar-refractivity contribution is 7.09. The van der Waals surface area contributed by atoms with Crippen molar-refractivity contribution in [2.24, 2.45) is 0 Å². The van der Waals surface area contributed by atoms with Gasteiger partial charge in [-0.3, -0.25) is 0 Å². The first-order valence-corrected chi connectivity index (χ1v) is 4.50. The summed E-state index contributed by atoms with van der Waals surface area (Å²) in [5, 5.41) is 0.374. The highest BCUT2D eigenvalue weighted by Crippen LogP contribution is 2.31. The van der Waals surface area contributed by atoms with Crippen molar-refractivity contribution >= 4 is 16.7 Å². The molecule has 0 aliphatic carbocycles. The lowest BCUT2D eigenvalue weighted by molar-refractivity contribution is -0.144. The van der Waals surface area contributed by atoms with Gasteiger partial charge in [-0.15, -0.1) is 0 Å². The molecule has 1 aliphatic rings. The van der Waals surface area contributed by atoms with E-state index in [1.54, 1.807) is 4.90 Å². The Hall–Kier alpha value is -0.850. The van der Waals surface area contributed by atoms with E-state index in [0.29, 0.717) is 5.13 Å². The predicted octanol–water partition coefficient (Wildman–Crippen LogP) is 1.77. The van der Waals surface area contributed by atoms with Crippen molar-refractivity contribution < 1.29 is 13.2 Å². The van der Waals surface area contributed by atoms with E-state index in [0.717, 1.165) is 31.0 Å². The average molecular weight is 209 g/mol. The number of nitrogens with zero attached hydrogens (tertiary/aromatic N) is 3. The SMILES string of the molecule is FC(F)(F)c1nsc(N2CCC2)n1. The van der Waals surface area contributed by atoms with Gasteiger partial charge >= 0.3 is 6.18 Å². The summed E-state index contributed by atoms with van der Waals surface area (Å²) < 4.78 is 39.4. The van der Waals surface area contributed by atoms with Gasteiger partial charge in [0.1, 0.15) is 0 Å². The lowest BCUT2D eigenvalue weighted by atomic mass is 10.2. The smallest absolute Gasteiger partial charge is 0.347 e. The van der Waals surface area contributed by atoms with Crippen molar-refractivity contribution in [3.8, 4) is 0 Å². The summed E-state index contributed by atoms with van der Waals surface area (Å²) in [6.07, 6.45) is -3.40. The number of halogens is 3. The third kappa shape index (κ3) is 1.60. The largest absolute Gasteiger partial charge is 0.452 e. The molecular weight excluding hydrogens is 203 g/mol.